The molecule has 0 saturated carbocycles. The molecule has 2 rings (SSSR count). The summed E-state index contributed by atoms with van der Waals surface area (Å²) >= 11 is 0. The largest absolute Gasteiger partial charge is 0.131 e. The molecule has 1 unspecified atom stereocenters. The van der Waals surface area contributed by atoms with Gasteiger partial charge in [0.15, 0.2) is 0 Å². The third-order valence-electron chi connectivity index (χ3n) is 2.15. The Bertz CT molecular complexity index is 481. The highest BCUT2D eigenvalue weighted by atomic mass is 32.2. The Morgan fingerprint density at radius 1 is 1.20 bits per heavy atom. The summed E-state index contributed by atoms with van der Waals surface area (Å²) in [6.07, 6.45) is 6.98. The minimum absolute atomic E-state index is 0.0867. The zero-order valence-corrected chi connectivity index (χ0v) is 9.26. The summed E-state index contributed by atoms with van der Waals surface area (Å²) in [7, 11) is -0.0867. The van der Waals surface area contributed by atoms with Crippen molar-refractivity contribution in [1.82, 2.24) is 0 Å². The first-order valence-electron chi connectivity index (χ1n) is 4.82. The molecule has 74 valence electrons. The maximum atomic E-state index is 4.23. The number of benzene rings is 1. The third kappa shape index (κ3) is 2.49. The highest BCUT2D eigenvalue weighted by Gasteiger charge is 2.00. The Morgan fingerprint density at radius 3 is 2.80 bits per heavy atom. The smallest absolute Gasteiger partial charge is 0.0286 e. The molecular weight excluding hydrogens is 200 g/mol. The molecule has 0 aromatic heterocycles. The van der Waals surface area contributed by atoms with Gasteiger partial charge in [0.1, 0.15) is 0 Å². The summed E-state index contributed by atoms with van der Waals surface area (Å²) in [5.41, 5.74) is 0. The van der Waals surface area contributed by atoms with E-state index < -0.39 is 0 Å². The lowest BCUT2D eigenvalue weighted by Gasteiger charge is -2.07. The summed E-state index contributed by atoms with van der Waals surface area (Å²) in [6.45, 7) is 0. The molecule has 0 heterocycles. The molecule has 0 nitrogen and oxygen atoms in total. The van der Waals surface area contributed by atoms with Crippen molar-refractivity contribution in [3.05, 3.63) is 53.5 Å². The van der Waals surface area contributed by atoms with Crippen LogP contribution in [0.4, 0.5) is 0 Å². The summed E-state index contributed by atoms with van der Waals surface area (Å²) < 4.78 is 0. The third-order valence-corrected chi connectivity index (χ3v) is 3.86. The predicted octanol–water partition coefficient (Wildman–Crippen LogP) is 3.59. The van der Waals surface area contributed by atoms with Crippen LogP contribution in [0.5, 0.6) is 0 Å². The molecule has 0 spiro atoms. The Labute approximate surface area is 93.3 Å². The van der Waals surface area contributed by atoms with Gasteiger partial charge in [0.05, 0.1) is 0 Å². The van der Waals surface area contributed by atoms with Crippen LogP contribution >= 0.6 is 10.5 Å². The normalized spacial score (nSPS) is 15.9. The van der Waals surface area contributed by atoms with Crippen molar-refractivity contribution in [3.63, 3.8) is 0 Å². The first-order chi connectivity index (χ1) is 7.38. The summed E-state index contributed by atoms with van der Waals surface area (Å²) in [5, 5.41) is 0. The van der Waals surface area contributed by atoms with Crippen molar-refractivity contribution >= 4 is 16.4 Å². The van der Waals surface area contributed by atoms with E-state index in [4.69, 9.17) is 0 Å². The number of rotatable bonds is 2. The van der Waals surface area contributed by atoms with Gasteiger partial charge in [-0.2, -0.15) is 0 Å². The molecule has 1 aromatic rings. The standard InChI is InChI=1S/C14H12S/c1-15(14-11-7-4-8-12-14)13-9-5-2-3-6-10-13/h4-5,7-12H,1,6H2. The highest BCUT2D eigenvalue weighted by molar-refractivity contribution is 8.17. The molecule has 1 heteroatoms. The van der Waals surface area contributed by atoms with Gasteiger partial charge in [-0.15, -0.1) is 10.5 Å². The average molecular weight is 212 g/mol. The minimum Gasteiger partial charge on any atom is -0.131 e. The molecule has 0 amide bonds. The maximum Gasteiger partial charge on any atom is 0.0286 e. The van der Waals surface area contributed by atoms with E-state index in [0.29, 0.717) is 0 Å². The van der Waals surface area contributed by atoms with Crippen LogP contribution in [0.1, 0.15) is 6.42 Å². The van der Waals surface area contributed by atoms with Crippen LogP contribution in [0.15, 0.2) is 58.4 Å². The number of allylic oxidation sites excluding steroid dienone is 3. The van der Waals surface area contributed by atoms with Crippen LogP contribution in [-0.4, -0.2) is 5.87 Å². The zero-order valence-electron chi connectivity index (χ0n) is 8.44. The first kappa shape index (κ1) is 10.0. The van der Waals surface area contributed by atoms with Crippen molar-refractivity contribution in [3.8, 4) is 11.8 Å². The average Bonchev–Trinajstić information content (AvgIpc) is 2.58. The Hall–Kier alpha value is -1.52. The fraction of sp³-hybridized carbons (Fsp3) is 0.0714. The minimum atomic E-state index is -0.0867. The van der Waals surface area contributed by atoms with E-state index in [1.807, 2.05) is 12.1 Å². The fourth-order valence-electron chi connectivity index (χ4n) is 1.36. The van der Waals surface area contributed by atoms with Crippen LogP contribution in [-0.2, 0) is 0 Å². The molecule has 0 N–H and O–H groups in total. The van der Waals surface area contributed by atoms with Gasteiger partial charge in [-0.25, -0.2) is 0 Å². The van der Waals surface area contributed by atoms with Gasteiger partial charge in [-0.05, 0) is 24.3 Å². The van der Waals surface area contributed by atoms with Crippen LogP contribution in [0.2, 0.25) is 0 Å². The second-order valence-corrected chi connectivity index (χ2v) is 4.89. The van der Waals surface area contributed by atoms with Gasteiger partial charge in [0, 0.05) is 16.2 Å². The molecule has 0 saturated heterocycles. The number of hydrogen-bond acceptors (Lipinski definition) is 0. The van der Waals surface area contributed by atoms with E-state index in [1.54, 1.807) is 0 Å². The van der Waals surface area contributed by atoms with Crippen molar-refractivity contribution in [2.24, 2.45) is 0 Å². The van der Waals surface area contributed by atoms with Gasteiger partial charge >= 0.3 is 0 Å². The quantitative estimate of drug-likeness (QED) is 0.519. The molecule has 0 radical (unpaired) electrons. The Balaban J connectivity index is 2.26. The van der Waals surface area contributed by atoms with Crippen LogP contribution in [0, 0.1) is 11.8 Å². The van der Waals surface area contributed by atoms with Crippen molar-refractivity contribution in [2.45, 2.75) is 11.3 Å². The maximum absolute atomic E-state index is 4.23. The molecule has 1 aliphatic carbocycles. The highest BCUT2D eigenvalue weighted by Crippen LogP contribution is 2.34. The topological polar surface area (TPSA) is 0 Å². The van der Waals surface area contributed by atoms with Crippen molar-refractivity contribution in [1.29, 1.82) is 0 Å². The van der Waals surface area contributed by atoms with Crippen LogP contribution in [0.3, 0.4) is 0 Å². The summed E-state index contributed by atoms with van der Waals surface area (Å²) in [5.74, 6) is 10.3. The van der Waals surface area contributed by atoms with Crippen molar-refractivity contribution < 1.29 is 0 Å². The lowest BCUT2D eigenvalue weighted by molar-refractivity contribution is 1.44. The van der Waals surface area contributed by atoms with E-state index >= 15 is 0 Å². The Morgan fingerprint density at radius 2 is 2.00 bits per heavy atom. The lowest BCUT2D eigenvalue weighted by atomic mass is 10.4. The number of hydrogen-bond donors (Lipinski definition) is 0. The van der Waals surface area contributed by atoms with Gasteiger partial charge in [0.25, 0.3) is 0 Å². The van der Waals surface area contributed by atoms with E-state index in [1.165, 1.54) is 9.80 Å². The second-order valence-electron chi connectivity index (χ2n) is 3.17. The van der Waals surface area contributed by atoms with E-state index in [2.05, 4.69) is 54.1 Å². The van der Waals surface area contributed by atoms with Gasteiger partial charge in [-0.3, -0.25) is 0 Å². The van der Waals surface area contributed by atoms with E-state index in [9.17, 15) is 0 Å². The van der Waals surface area contributed by atoms with Gasteiger partial charge < -0.3 is 0 Å². The lowest BCUT2D eigenvalue weighted by Crippen LogP contribution is -1.77. The SMILES string of the molecule is C=S(C1=CCC#CC=C1)c1ccccc1. The summed E-state index contributed by atoms with van der Waals surface area (Å²) in [6, 6.07) is 10.4. The molecule has 0 aliphatic heterocycles. The summed E-state index contributed by atoms with van der Waals surface area (Å²) in [4.78, 5) is 2.54. The van der Waals surface area contributed by atoms with Gasteiger partial charge in [-0.1, -0.05) is 42.0 Å². The van der Waals surface area contributed by atoms with E-state index in [0.717, 1.165) is 6.42 Å². The van der Waals surface area contributed by atoms with Gasteiger partial charge in [0.2, 0.25) is 0 Å². The molecule has 0 bridgehead atoms. The van der Waals surface area contributed by atoms with Crippen molar-refractivity contribution in [2.75, 3.05) is 0 Å². The van der Waals surface area contributed by atoms with Crippen LogP contribution in [0.25, 0.3) is 0 Å². The Kier molecular flexibility index (Phi) is 3.22. The predicted molar refractivity (Wildman–Crippen MR) is 69.0 cm³/mol. The monoisotopic (exact) mass is 212 g/mol. The molecule has 15 heavy (non-hydrogen) atoms. The van der Waals surface area contributed by atoms with Crippen LogP contribution < -0.4 is 0 Å². The fourth-order valence-corrected chi connectivity index (χ4v) is 2.64. The zero-order chi connectivity index (χ0) is 10.5. The molecule has 1 aromatic carbocycles. The molecule has 1 aliphatic rings. The molecular formula is C14H12S. The second kappa shape index (κ2) is 4.82. The first-order valence-corrected chi connectivity index (χ1v) is 6.21. The van der Waals surface area contributed by atoms with E-state index in [-0.39, 0.29) is 10.5 Å². The molecule has 1 atom stereocenters. The molecule has 0 fully saturated rings.